The number of carbonyl (C=O) groups is 4. The van der Waals surface area contributed by atoms with E-state index in [-0.39, 0.29) is 25.4 Å². The van der Waals surface area contributed by atoms with Crippen LogP contribution in [0.5, 0.6) is 0 Å². The second-order valence-electron chi connectivity index (χ2n) is 12.9. The molecule has 1 aromatic heterocycles. The van der Waals surface area contributed by atoms with Gasteiger partial charge in [-0.3, -0.25) is 4.79 Å². The molecule has 0 fully saturated rings. The fraction of sp³-hybridized carbons (Fsp3) is 0.351. The first kappa shape index (κ1) is 34.0. The average Bonchev–Trinajstić information content (AvgIpc) is 3.60. The zero-order valence-electron chi connectivity index (χ0n) is 27.4. The third-order valence-electron chi connectivity index (χ3n) is 8.25. The van der Waals surface area contributed by atoms with Crippen LogP contribution in [-0.4, -0.2) is 65.0 Å². The number of hydrogen-bond acceptors (Lipinski definition) is 6. The molecule has 252 valence electrons. The Morgan fingerprint density at radius 1 is 0.833 bits per heavy atom. The van der Waals surface area contributed by atoms with Crippen molar-refractivity contribution >= 4 is 35.0 Å². The molecule has 0 saturated carbocycles. The predicted octanol–water partition coefficient (Wildman–Crippen LogP) is 5.88. The van der Waals surface area contributed by atoms with E-state index in [4.69, 9.17) is 9.47 Å². The van der Waals surface area contributed by atoms with Crippen molar-refractivity contribution in [3.05, 3.63) is 95.7 Å². The smallest absolute Gasteiger partial charge is 0.407 e. The fourth-order valence-electron chi connectivity index (χ4n) is 6.02. The quantitative estimate of drug-likeness (QED) is 0.113. The van der Waals surface area contributed by atoms with E-state index >= 15 is 0 Å². The van der Waals surface area contributed by atoms with Crippen molar-refractivity contribution in [2.45, 2.75) is 70.1 Å². The van der Waals surface area contributed by atoms with Gasteiger partial charge >= 0.3 is 18.2 Å². The van der Waals surface area contributed by atoms with Gasteiger partial charge in [-0.1, -0.05) is 66.7 Å². The molecule has 4 aromatic rings. The second-order valence-corrected chi connectivity index (χ2v) is 12.9. The lowest BCUT2D eigenvalue weighted by Crippen LogP contribution is -2.52. The topological polar surface area (TPSA) is 159 Å². The van der Waals surface area contributed by atoms with Crippen LogP contribution in [-0.2, 0) is 25.5 Å². The monoisotopic (exact) mass is 654 g/mol. The number of alkyl carbamates (subject to hydrolysis) is 2. The first-order valence-electron chi connectivity index (χ1n) is 16.2. The van der Waals surface area contributed by atoms with Gasteiger partial charge in [0.1, 0.15) is 24.3 Å². The molecule has 11 heteroatoms. The molecule has 2 atom stereocenters. The van der Waals surface area contributed by atoms with E-state index in [1.807, 2.05) is 72.8 Å². The number of carbonyl (C=O) groups excluding carboxylic acids is 3. The Hall–Kier alpha value is -5.32. The number of H-pyrrole nitrogens is 1. The number of hydrogen-bond donors (Lipinski definition) is 5. The fourth-order valence-corrected chi connectivity index (χ4v) is 6.02. The van der Waals surface area contributed by atoms with E-state index in [2.05, 4.69) is 20.9 Å². The van der Waals surface area contributed by atoms with Crippen LogP contribution in [0.2, 0.25) is 0 Å². The van der Waals surface area contributed by atoms with Crippen LogP contribution in [0.25, 0.3) is 22.0 Å². The van der Waals surface area contributed by atoms with Gasteiger partial charge in [0.2, 0.25) is 5.91 Å². The van der Waals surface area contributed by atoms with Gasteiger partial charge in [0.05, 0.1) is 0 Å². The van der Waals surface area contributed by atoms with Crippen molar-refractivity contribution in [3.8, 4) is 11.1 Å². The number of aromatic nitrogens is 1. The number of ether oxygens (including phenoxy) is 2. The number of benzene rings is 3. The summed E-state index contributed by atoms with van der Waals surface area (Å²) in [6, 6.07) is 21.3. The van der Waals surface area contributed by atoms with Crippen LogP contribution < -0.4 is 16.0 Å². The summed E-state index contributed by atoms with van der Waals surface area (Å²) in [5.41, 5.74) is 5.34. The summed E-state index contributed by atoms with van der Waals surface area (Å²) in [5.74, 6) is -2.01. The summed E-state index contributed by atoms with van der Waals surface area (Å²) >= 11 is 0. The summed E-state index contributed by atoms with van der Waals surface area (Å²) in [7, 11) is 0. The average molecular weight is 655 g/mol. The molecule has 1 heterocycles. The first-order chi connectivity index (χ1) is 23.0. The molecule has 0 radical (unpaired) electrons. The number of unbranched alkanes of at least 4 members (excludes halogenated alkanes) is 1. The number of aliphatic carboxylic acids is 1. The molecule has 0 aliphatic heterocycles. The van der Waals surface area contributed by atoms with E-state index in [1.165, 1.54) is 0 Å². The number of aromatic amines is 1. The Kier molecular flexibility index (Phi) is 10.7. The molecule has 3 amide bonds. The van der Waals surface area contributed by atoms with E-state index < -0.39 is 41.7 Å². The van der Waals surface area contributed by atoms with Gasteiger partial charge in [-0.15, -0.1) is 0 Å². The normalized spacial score (nSPS) is 13.6. The number of fused-ring (bicyclic) bond motifs is 4. The van der Waals surface area contributed by atoms with Crippen LogP contribution in [0.15, 0.2) is 79.0 Å². The molecule has 0 unspecified atom stereocenters. The van der Waals surface area contributed by atoms with Gasteiger partial charge < -0.3 is 35.5 Å². The van der Waals surface area contributed by atoms with E-state index in [0.717, 1.165) is 38.7 Å². The molecule has 1 aliphatic rings. The molecule has 3 aromatic carbocycles. The van der Waals surface area contributed by atoms with Crippen LogP contribution in [0.1, 0.15) is 62.6 Å². The number of amides is 3. The van der Waals surface area contributed by atoms with Gasteiger partial charge in [0, 0.05) is 36.0 Å². The van der Waals surface area contributed by atoms with Crippen molar-refractivity contribution in [2.24, 2.45) is 0 Å². The highest BCUT2D eigenvalue weighted by atomic mass is 16.6. The van der Waals surface area contributed by atoms with Crippen molar-refractivity contribution in [1.82, 2.24) is 20.9 Å². The summed E-state index contributed by atoms with van der Waals surface area (Å²) in [6.07, 6.45) is 1.57. The molecular weight excluding hydrogens is 612 g/mol. The highest BCUT2D eigenvalue weighted by Gasteiger charge is 2.31. The Labute approximate surface area is 279 Å². The zero-order chi connectivity index (χ0) is 34.3. The molecule has 11 nitrogen and oxygen atoms in total. The molecule has 5 rings (SSSR count). The molecule has 0 bridgehead atoms. The standard InChI is InChI=1S/C37H42N4O7/c1-37(2,3)48-35(45)38-19-11-10-18-31(34(43)44)40-33(42)32(20-23-21-39-30-17-9-8-12-24(23)30)41-36(46)47-22-29-27-15-6-4-13-25(27)26-14-5-7-16-28(26)29/h4-9,12-17,21,29,31-32,39H,10-11,18-20,22H2,1-3H3,(H,38,45)(H,40,42)(H,41,46)(H,43,44)/t31-,32+/m1/s1. The Morgan fingerprint density at radius 3 is 2.15 bits per heavy atom. The summed E-state index contributed by atoms with van der Waals surface area (Å²) in [6.45, 7) is 5.65. The molecule has 48 heavy (non-hydrogen) atoms. The second kappa shape index (κ2) is 15.1. The highest BCUT2D eigenvalue weighted by Crippen LogP contribution is 2.44. The summed E-state index contributed by atoms with van der Waals surface area (Å²) in [4.78, 5) is 54.1. The minimum Gasteiger partial charge on any atom is -0.480 e. The predicted molar refractivity (Wildman–Crippen MR) is 182 cm³/mol. The number of rotatable bonds is 13. The number of carboxylic acid groups (broad SMARTS) is 1. The minimum absolute atomic E-state index is 0.0658. The van der Waals surface area contributed by atoms with Gasteiger partial charge in [0.15, 0.2) is 0 Å². The van der Waals surface area contributed by atoms with E-state index in [0.29, 0.717) is 19.4 Å². The summed E-state index contributed by atoms with van der Waals surface area (Å²) < 4.78 is 10.9. The van der Waals surface area contributed by atoms with Crippen molar-refractivity contribution in [2.75, 3.05) is 13.2 Å². The Morgan fingerprint density at radius 2 is 1.48 bits per heavy atom. The number of nitrogens with one attached hydrogen (secondary N) is 4. The van der Waals surface area contributed by atoms with Crippen molar-refractivity contribution in [3.63, 3.8) is 0 Å². The lowest BCUT2D eigenvalue weighted by molar-refractivity contribution is -0.142. The maximum atomic E-state index is 13.6. The first-order valence-corrected chi connectivity index (χ1v) is 16.2. The van der Waals surface area contributed by atoms with Gasteiger partial charge in [-0.25, -0.2) is 14.4 Å². The largest absolute Gasteiger partial charge is 0.480 e. The number of para-hydroxylation sites is 1. The SMILES string of the molecule is CC(C)(C)OC(=O)NCCCC[C@@H](NC(=O)[C@H](Cc1c[nH]c2ccccc12)NC(=O)OCC1c2ccccc2-c2ccccc21)C(=O)O. The van der Waals surface area contributed by atoms with Crippen LogP contribution in [0.3, 0.4) is 0 Å². The Bertz CT molecular complexity index is 1730. The van der Waals surface area contributed by atoms with E-state index in [1.54, 1.807) is 27.0 Å². The highest BCUT2D eigenvalue weighted by molar-refractivity contribution is 5.91. The van der Waals surface area contributed by atoms with Crippen LogP contribution in [0.4, 0.5) is 9.59 Å². The lowest BCUT2D eigenvalue weighted by atomic mass is 9.98. The van der Waals surface area contributed by atoms with Crippen molar-refractivity contribution < 1.29 is 33.8 Å². The van der Waals surface area contributed by atoms with Gasteiger partial charge in [0.25, 0.3) is 0 Å². The minimum atomic E-state index is -1.20. The van der Waals surface area contributed by atoms with Gasteiger partial charge in [-0.05, 0) is 73.9 Å². The summed E-state index contributed by atoms with van der Waals surface area (Å²) in [5, 5.41) is 18.7. The van der Waals surface area contributed by atoms with E-state index in [9.17, 15) is 24.3 Å². The van der Waals surface area contributed by atoms with Crippen LogP contribution in [0, 0.1) is 0 Å². The molecular formula is C37H42N4O7. The lowest BCUT2D eigenvalue weighted by Gasteiger charge is -2.22. The number of carboxylic acids is 1. The molecule has 0 spiro atoms. The molecule has 5 N–H and O–H groups in total. The zero-order valence-corrected chi connectivity index (χ0v) is 27.4. The molecule has 0 saturated heterocycles. The maximum Gasteiger partial charge on any atom is 0.407 e. The van der Waals surface area contributed by atoms with Crippen molar-refractivity contribution in [1.29, 1.82) is 0 Å². The third kappa shape index (κ3) is 8.52. The maximum absolute atomic E-state index is 13.6. The van der Waals surface area contributed by atoms with Crippen LogP contribution >= 0.6 is 0 Å². The third-order valence-corrected chi connectivity index (χ3v) is 8.25. The van der Waals surface area contributed by atoms with Gasteiger partial charge in [-0.2, -0.15) is 0 Å². The Balaban J connectivity index is 1.23. The molecule has 1 aliphatic carbocycles.